The number of hydrogen-bond acceptors (Lipinski definition) is 4. The van der Waals surface area contributed by atoms with Crippen LogP contribution in [-0.2, 0) is 4.74 Å². The van der Waals surface area contributed by atoms with Gasteiger partial charge >= 0.3 is 0 Å². The number of rotatable bonds is 5. The van der Waals surface area contributed by atoms with Gasteiger partial charge in [0.1, 0.15) is 0 Å². The van der Waals surface area contributed by atoms with Gasteiger partial charge in [-0.1, -0.05) is 19.9 Å². The van der Waals surface area contributed by atoms with Crippen molar-refractivity contribution in [3.63, 3.8) is 0 Å². The number of benzene rings is 1. The molecule has 0 radical (unpaired) electrons. The fraction of sp³-hybridized carbons (Fsp3) is 0.462. The molecule has 5 nitrogen and oxygen atoms in total. The molecule has 0 fully saturated rings. The molecule has 0 saturated heterocycles. The molecule has 100 valence electrons. The fourth-order valence-corrected chi connectivity index (χ4v) is 1.54. The maximum atomic E-state index is 12.0. The van der Waals surface area contributed by atoms with Crippen molar-refractivity contribution in [3.8, 4) is 11.5 Å². The van der Waals surface area contributed by atoms with E-state index in [0.717, 1.165) is 0 Å². The predicted octanol–water partition coefficient (Wildman–Crippen LogP) is 1.50. The highest BCUT2D eigenvalue weighted by Crippen LogP contribution is 2.28. The zero-order chi connectivity index (χ0) is 13.7. The summed E-state index contributed by atoms with van der Waals surface area (Å²) in [5, 5.41) is 21.7. The van der Waals surface area contributed by atoms with Crippen LogP contribution in [0, 0.1) is 5.92 Å². The second-order valence-corrected chi connectivity index (χ2v) is 4.45. The van der Waals surface area contributed by atoms with Crippen molar-refractivity contribution < 1.29 is 19.7 Å². The number of ether oxygens (including phenoxy) is 1. The number of phenols is 2. The summed E-state index contributed by atoms with van der Waals surface area (Å²) in [6.45, 7) is 4.32. The number of hydrogen-bond donors (Lipinski definition) is 3. The van der Waals surface area contributed by atoms with Gasteiger partial charge in [0.15, 0.2) is 11.5 Å². The van der Waals surface area contributed by atoms with Crippen LogP contribution in [0.25, 0.3) is 0 Å². The molecule has 1 amide bonds. The smallest absolute Gasteiger partial charge is 0.255 e. The van der Waals surface area contributed by atoms with Gasteiger partial charge in [0.25, 0.3) is 5.91 Å². The van der Waals surface area contributed by atoms with Crippen LogP contribution >= 0.6 is 0 Å². The largest absolute Gasteiger partial charge is 0.504 e. The Hall–Kier alpha value is -1.75. The summed E-state index contributed by atoms with van der Waals surface area (Å²) in [6.07, 6.45) is 0. The third-order valence-corrected chi connectivity index (χ3v) is 2.73. The topological polar surface area (TPSA) is 78.8 Å². The van der Waals surface area contributed by atoms with Crippen LogP contribution in [0.2, 0.25) is 0 Å². The first-order chi connectivity index (χ1) is 8.47. The number of carbonyl (C=O) groups is 1. The molecule has 1 atom stereocenters. The van der Waals surface area contributed by atoms with E-state index in [4.69, 9.17) is 4.74 Å². The second-order valence-electron chi connectivity index (χ2n) is 4.45. The average Bonchev–Trinajstić information content (AvgIpc) is 2.31. The van der Waals surface area contributed by atoms with Crippen molar-refractivity contribution in [2.75, 3.05) is 13.7 Å². The SMILES string of the molecule is COCC(NC(=O)c1cccc(O)c1O)C(C)C. The lowest BCUT2D eigenvalue weighted by Gasteiger charge is -2.21. The minimum atomic E-state index is -0.431. The number of carbonyl (C=O) groups excluding carboxylic acids is 1. The van der Waals surface area contributed by atoms with Crippen LogP contribution in [0.4, 0.5) is 0 Å². The summed E-state index contributed by atoms with van der Waals surface area (Å²) in [5.41, 5.74) is 0.0525. The fourth-order valence-electron chi connectivity index (χ4n) is 1.54. The molecule has 1 aromatic rings. The van der Waals surface area contributed by atoms with Gasteiger partial charge in [-0.05, 0) is 18.1 Å². The van der Waals surface area contributed by atoms with Gasteiger partial charge in [-0.25, -0.2) is 0 Å². The van der Waals surface area contributed by atoms with E-state index >= 15 is 0 Å². The third kappa shape index (κ3) is 3.37. The molecule has 0 aliphatic heterocycles. The molecular weight excluding hydrogens is 234 g/mol. The summed E-state index contributed by atoms with van der Waals surface area (Å²) in [4.78, 5) is 12.0. The molecule has 0 aromatic heterocycles. The van der Waals surface area contributed by atoms with Crippen molar-refractivity contribution in [2.24, 2.45) is 5.92 Å². The number of aromatic hydroxyl groups is 2. The van der Waals surface area contributed by atoms with Gasteiger partial charge in [-0.3, -0.25) is 4.79 Å². The Morgan fingerprint density at radius 1 is 1.39 bits per heavy atom. The Balaban J connectivity index is 2.84. The molecule has 0 bridgehead atoms. The molecule has 1 aromatic carbocycles. The quantitative estimate of drug-likeness (QED) is 0.695. The molecule has 1 rings (SSSR count). The minimum absolute atomic E-state index is 0.0525. The molecule has 1 unspecified atom stereocenters. The Bertz CT molecular complexity index is 417. The third-order valence-electron chi connectivity index (χ3n) is 2.73. The Morgan fingerprint density at radius 3 is 2.61 bits per heavy atom. The molecule has 3 N–H and O–H groups in total. The summed E-state index contributed by atoms with van der Waals surface area (Å²) >= 11 is 0. The van der Waals surface area contributed by atoms with E-state index in [2.05, 4.69) is 5.32 Å². The van der Waals surface area contributed by atoms with Crippen LogP contribution in [-0.4, -0.2) is 35.9 Å². The van der Waals surface area contributed by atoms with Crippen LogP contribution in [0.3, 0.4) is 0 Å². The highest BCUT2D eigenvalue weighted by molar-refractivity contribution is 5.97. The first-order valence-electron chi connectivity index (χ1n) is 5.78. The maximum Gasteiger partial charge on any atom is 0.255 e. The van der Waals surface area contributed by atoms with Crippen LogP contribution in [0.5, 0.6) is 11.5 Å². The number of nitrogens with one attached hydrogen (secondary N) is 1. The van der Waals surface area contributed by atoms with Crippen LogP contribution in [0.15, 0.2) is 18.2 Å². The van der Waals surface area contributed by atoms with E-state index in [9.17, 15) is 15.0 Å². The molecule has 5 heteroatoms. The van der Waals surface area contributed by atoms with Gasteiger partial charge in [-0.15, -0.1) is 0 Å². The lowest BCUT2D eigenvalue weighted by molar-refractivity contribution is 0.0863. The van der Waals surface area contributed by atoms with Crippen molar-refractivity contribution >= 4 is 5.91 Å². The van der Waals surface area contributed by atoms with Crippen molar-refractivity contribution in [2.45, 2.75) is 19.9 Å². The highest BCUT2D eigenvalue weighted by atomic mass is 16.5. The van der Waals surface area contributed by atoms with Gasteiger partial charge in [0.2, 0.25) is 0 Å². The zero-order valence-corrected chi connectivity index (χ0v) is 10.8. The van der Waals surface area contributed by atoms with Gasteiger partial charge in [0.05, 0.1) is 18.2 Å². The van der Waals surface area contributed by atoms with E-state index in [-0.39, 0.29) is 23.3 Å². The molecule has 18 heavy (non-hydrogen) atoms. The van der Waals surface area contributed by atoms with Crippen LogP contribution < -0.4 is 5.32 Å². The first-order valence-corrected chi connectivity index (χ1v) is 5.78. The summed E-state index contributed by atoms with van der Waals surface area (Å²) in [7, 11) is 1.56. The standard InChI is InChI=1S/C13H19NO4/c1-8(2)10(7-18-3)14-13(17)9-5-4-6-11(15)12(9)16/h4-6,8,10,15-16H,7H2,1-3H3,(H,14,17). The van der Waals surface area contributed by atoms with Gasteiger partial charge in [0, 0.05) is 7.11 Å². The molecule has 0 heterocycles. The normalized spacial score (nSPS) is 12.4. The van der Waals surface area contributed by atoms with E-state index in [1.165, 1.54) is 18.2 Å². The summed E-state index contributed by atoms with van der Waals surface area (Å²) in [5.74, 6) is -0.946. The van der Waals surface area contributed by atoms with Crippen molar-refractivity contribution in [1.29, 1.82) is 0 Å². The average molecular weight is 253 g/mol. The lowest BCUT2D eigenvalue weighted by Crippen LogP contribution is -2.41. The zero-order valence-electron chi connectivity index (χ0n) is 10.8. The van der Waals surface area contributed by atoms with E-state index in [1.54, 1.807) is 7.11 Å². The predicted molar refractivity (Wildman–Crippen MR) is 67.7 cm³/mol. The molecule has 0 spiro atoms. The van der Waals surface area contributed by atoms with Gasteiger partial charge in [-0.2, -0.15) is 0 Å². The summed E-state index contributed by atoms with van der Waals surface area (Å²) < 4.78 is 5.03. The molecule has 0 saturated carbocycles. The molecule has 0 aliphatic carbocycles. The van der Waals surface area contributed by atoms with Gasteiger partial charge < -0.3 is 20.3 Å². The van der Waals surface area contributed by atoms with E-state index in [1.807, 2.05) is 13.8 Å². The van der Waals surface area contributed by atoms with Crippen molar-refractivity contribution in [1.82, 2.24) is 5.32 Å². The molecular formula is C13H19NO4. The van der Waals surface area contributed by atoms with Crippen molar-refractivity contribution in [3.05, 3.63) is 23.8 Å². The monoisotopic (exact) mass is 253 g/mol. The maximum absolute atomic E-state index is 12.0. The summed E-state index contributed by atoms with van der Waals surface area (Å²) in [6, 6.07) is 4.13. The molecule has 0 aliphatic rings. The van der Waals surface area contributed by atoms with E-state index < -0.39 is 11.7 Å². The number of phenolic OH excluding ortho intramolecular Hbond substituents is 2. The lowest BCUT2D eigenvalue weighted by atomic mass is 10.0. The Kier molecular flexibility index (Phi) is 4.97. The highest BCUT2D eigenvalue weighted by Gasteiger charge is 2.20. The Morgan fingerprint density at radius 2 is 2.06 bits per heavy atom. The number of methoxy groups -OCH3 is 1. The van der Waals surface area contributed by atoms with Crippen LogP contribution in [0.1, 0.15) is 24.2 Å². The number of para-hydroxylation sites is 1. The van der Waals surface area contributed by atoms with E-state index in [0.29, 0.717) is 6.61 Å². The number of amides is 1. The minimum Gasteiger partial charge on any atom is -0.504 e. The Labute approximate surface area is 106 Å². The first kappa shape index (κ1) is 14.3. The second kappa shape index (κ2) is 6.26.